The molecule has 2 amide bonds. The Hall–Kier alpha value is -2.99. The van der Waals surface area contributed by atoms with Crippen molar-refractivity contribution in [2.24, 2.45) is 11.7 Å². The Labute approximate surface area is 148 Å². The zero-order valence-electron chi connectivity index (χ0n) is 13.5. The highest BCUT2D eigenvalue weighted by Crippen LogP contribution is 2.55. The van der Waals surface area contributed by atoms with Crippen LogP contribution in [-0.4, -0.2) is 22.9 Å². The molecule has 2 N–H and O–H groups in total. The number of nitro groups is 1. The zero-order chi connectivity index (χ0) is 18.9. The number of benzene rings is 2. The number of hydrogen-bond donors (Lipinski definition) is 1. The van der Waals surface area contributed by atoms with Gasteiger partial charge in [-0.1, -0.05) is 36.4 Å². The van der Waals surface area contributed by atoms with Gasteiger partial charge in [0.1, 0.15) is 16.6 Å². The molecule has 3 rings (SSSR count). The van der Waals surface area contributed by atoms with Crippen molar-refractivity contribution in [3.8, 4) is 16.9 Å². The third kappa shape index (κ3) is 3.23. The number of primary amides is 1. The summed E-state index contributed by atoms with van der Waals surface area (Å²) in [6.07, 6.45) is -1.04. The van der Waals surface area contributed by atoms with Gasteiger partial charge in [0.2, 0.25) is 5.91 Å². The highest BCUT2D eigenvalue weighted by molar-refractivity contribution is 7.67. The zero-order valence-corrected chi connectivity index (χ0v) is 14.4. The lowest BCUT2D eigenvalue weighted by atomic mass is 10.0. The molecule has 2 atom stereocenters. The fourth-order valence-corrected chi connectivity index (χ4v) is 5.61. The molecule has 0 spiro atoms. The van der Waals surface area contributed by atoms with Gasteiger partial charge >= 0.3 is 5.91 Å². The molecule has 0 saturated heterocycles. The molecular formula is C17H15N2O6P. The molecule has 0 saturated carbocycles. The first-order chi connectivity index (χ1) is 12.3. The minimum Gasteiger partial charge on any atom is -0.439 e. The molecule has 1 heterocycles. The molecule has 134 valence electrons. The summed E-state index contributed by atoms with van der Waals surface area (Å²) in [4.78, 5) is 32.9. The summed E-state index contributed by atoms with van der Waals surface area (Å²) in [6, 6.07) is 13.8. The van der Waals surface area contributed by atoms with Crippen LogP contribution in [0, 0.1) is 16.0 Å². The maximum absolute atomic E-state index is 13.6. The van der Waals surface area contributed by atoms with Gasteiger partial charge < -0.3 is 10.3 Å². The van der Waals surface area contributed by atoms with Crippen molar-refractivity contribution in [1.29, 1.82) is 0 Å². The van der Waals surface area contributed by atoms with E-state index in [1.165, 1.54) is 0 Å². The quantitative estimate of drug-likeness (QED) is 0.484. The number of nitrogens with zero attached hydrogens (tertiary/aromatic N) is 1. The highest BCUT2D eigenvalue weighted by atomic mass is 31.2. The lowest BCUT2D eigenvalue weighted by molar-refractivity contribution is -0.406. The van der Waals surface area contributed by atoms with Gasteiger partial charge in [-0.05, 0) is 17.7 Å². The van der Waals surface area contributed by atoms with Crippen LogP contribution in [0.4, 0.5) is 0 Å². The largest absolute Gasteiger partial charge is 0.448 e. The second-order valence-electron chi connectivity index (χ2n) is 5.92. The van der Waals surface area contributed by atoms with E-state index in [1.54, 1.807) is 48.5 Å². The molecule has 1 aliphatic heterocycles. The van der Waals surface area contributed by atoms with E-state index in [1.807, 2.05) is 0 Å². The van der Waals surface area contributed by atoms with E-state index >= 15 is 0 Å². The van der Waals surface area contributed by atoms with E-state index in [-0.39, 0.29) is 0 Å². The Morgan fingerprint density at radius 1 is 1.12 bits per heavy atom. The average molecular weight is 374 g/mol. The van der Waals surface area contributed by atoms with E-state index in [2.05, 4.69) is 0 Å². The third-order valence-corrected chi connectivity index (χ3v) is 6.67. The Morgan fingerprint density at radius 2 is 1.73 bits per heavy atom. The topological polar surface area (TPSA) is 130 Å². The number of nitrogens with two attached hydrogens (primary N) is 1. The van der Waals surface area contributed by atoms with Gasteiger partial charge in [0, 0.05) is 12.0 Å². The Balaban J connectivity index is 2.06. The molecule has 2 aromatic carbocycles. The lowest BCUT2D eigenvalue weighted by Crippen LogP contribution is -2.33. The monoisotopic (exact) mass is 374 g/mol. The summed E-state index contributed by atoms with van der Waals surface area (Å²) >= 11 is 0. The number of para-hydroxylation sites is 1. The lowest BCUT2D eigenvalue weighted by Gasteiger charge is -2.29. The number of rotatable bonds is 5. The van der Waals surface area contributed by atoms with E-state index in [4.69, 9.17) is 10.3 Å². The van der Waals surface area contributed by atoms with Gasteiger partial charge in [0.15, 0.2) is 0 Å². The van der Waals surface area contributed by atoms with Crippen LogP contribution in [0.1, 0.15) is 6.42 Å². The van der Waals surface area contributed by atoms with Gasteiger partial charge in [0.25, 0.3) is 7.37 Å². The maximum Gasteiger partial charge on any atom is 0.448 e. The minimum absolute atomic E-state index is 0.362. The van der Waals surface area contributed by atoms with Crippen molar-refractivity contribution in [1.82, 2.24) is 0 Å². The fraction of sp³-hybridized carbons (Fsp3) is 0.176. The van der Waals surface area contributed by atoms with Crippen LogP contribution in [0.15, 0.2) is 48.5 Å². The number of hydrogen-bond acceptors (Lipinski definition) is 6. The molecule has 26 heavy (non-hydrogen) atoms. The molecule has 0 bridgehead atoms. The second-order valence-corrected chi connectivity index (χ2v) is 8.30. The van der Waals surface area contributed by atoms with Gasteiger partial charge in [-0.15, -0.1) is 0 Å². The summed E-state index contributed by atoms with van der Waals surface area (Å²) in [7, 11) is -3.67. The predicted molar refractivity (Wildman–Crippen MR) is 93.9 cm³/mol. The first kappa shape index (κ1) is 17.8. The summed E-state index contributed by atoms with van der Waals surface area (Å²) in [5, 5.41) is 11.3. The molecule has 0 aliphatic carbocycles. The SMILES string of the molecule is NC(=O)CC(CP1(=O)Oc2ccccc2-c2ccccc21)C(=O)[N+](=O)[O-]. The van der Waals surface area contributed by atoms with Crippen LogP contribution in [-0.2, 0) is 14.2 Å². The number of carbonyl (C=O) groups excluding carboxylic acids is 2. The number of carbonyl (C=O) groups is 2. The normalized spacial score (nSPS) is 18.8. The van der Waals surface area contributed by atoms with Crippen LogP contribution in [0.2, 0.25) is 0 Å². The van der Waals surface area contributed by atoms with Crippen LogP contribution < -0.4 is 15.6 Å². The molecule has 2 aromatic rings. The standard InChI is InChI=1S/C17H15N2O6P/c18-16(20)9-11(17(21)19(22)23)10-26(24)15-8-4-2-6-13(15)12-5-1-3-7-14(12)25-26/h1-8,11H,9-10H2,(H2,18,20). The van der Waals surface area contributed by atoms with Gasteiger partial charge in [-0.3, -0.25) is 19.5 Å². The number of fused-ring (bicyclic) bond motifs is 3. The molecule has 9 heteroatoms. The van der Waals surface area contributed by atoms with Crippen molar-refractivity contribution in [3.05, 3.63) is 58.6 Å². The molecular weight excluding hydrogens is 359 g/mol. The second kappa shape index (κ2) is 6.72. The average Bonchev–Trinajstić information content (AvgIpc) is 2.60. The predicted octanol–water partition coefficient (Wildman–Crippen LogP) is 1.94. The van der Waals surface area contributed by atoms with Crippen molar-refractivity contribution in [3.63, 3.8) is 0 Å². The smallest absolute Gasteiger partial charge is 0.439 e. The molecule has 0 radical (unpaired) electrons. The van der Waals surface area contributed by atoms with Gasteiger partial charge in [0.05, 0.1) is 11.5 Å². The summed E-state index contributed by atoms with van der Waals surface area (Å²) in [5.74, 6) is -3.35. The summed E-state index contributed by atoms with van der Waals surface area (Å²) in [5.41, 5.74) is 6.51. The number of amides is 2. The van der Waals surface area contributed by atoms with Crippen LogP contribution in [0.5, 0.6) is 5.75 Å². The van der Waals surface area contributed by atoms with Crippen molar-refractivity contribution < 1.29 is 23.6 Å². The highest BCUT2D eigenvalue weighted by Gasteiger charge is 2.43. The first-order valence-electron chi connectivity index (χ1n) is 7.76. The maximum atomic E-state index is 13.6. The van der Waals surface area contributed by atoms with Crippen molar-refractivity contribution >= 4 is 24.5 Å². The van der Waals surface area contributed by atoms with Crippen LogP contribution in [0.3, 0.4) is 0 Å². The van der Waals surface area contributed by atoms with E-state index < -0.39 is 42.6 Å². The van der Waals surface area contributed by atoms with Gasteiger partial charge in [-0.25, -0.2) is 4.79 Å². The Kier molecular flexibility index (Phi) is 4.61. The molecule has 2 unspecified atom stereocenters. The van der Waals surface area contributed by atoms with Gasteiger partial charge in [-0.2, -0.15) is 0 Å². The molecule has 1 aliphatic rings. The third-order valence-electron chi connectivity index (χ3n) is 4.13. The summed E-state index contributed by atoms with van der Waals surface area (Å²) < 4.78 is 19.3. The molecule has 8 nitrogen and oxygen atoms in total. The first-order valence-corrected chi connectivity index (χ1v) is 9.57. The minimum atomic E-state index is -3.67. The Morgan fingerprint density at radius 3 is 2.38 bits per heavy atom. The molecule has 0 aromatic heterocycles. The van der Waals surface area contributed by atoms with Crippen LogP contribution >= 0.6 is 7.37 Å². The van der Waals surface area contributed by atoms with Crippen molar-refractivity contribution in [2.45, 2.75) is 6.42 Å². The van der Waals surface area contributed by atoms with E-state index in [0.717, 1.165) is 5.56 Å². The fourth-order valence-electron chi connectivity index (χ4n) is 3.02. The van der Waals surface area contributed by atoms with Crippen LogP contribution in [0.25, 0.3) is 11.1 Å². The van der Waals surface area contributed by atoms with E-state index in [0.29, 0.717) is 16.6 Å². The molecule has 0 fully saturated rings. The van der Waals surface area contributed by atoms with Crippen molar-refractivity contribution in [2.75, 3.05) is 6.16 Å². The van der Waals surface area contributed by atoms with E-state index in [9.17, 15) is 24.3 Å². The Bertz CT molecular complexity index is 958. The summed E-state index contributed by atoms with van der Waals surface area (Å²) in [6.45, 7) is 0.